The molecule has 2 rings (SSSR count). The average molecular weight is 259 g/mol. The second kappa shape index (κ2) is 3.63. The Bertz CT molecular complexity index is 334. The van der Waals surface area contributed by atoms with Crippen molar-refractivity contribution >= 4 is 15.9 Å². The molecule has 0 atom stereocenters. The van der Waals surface area contributed by atoms with Crippen molar-refractivity contribution < 1.29 is 9.50 Å². The molecule has 0 spiro atoms. The van der Waals surface area contributed by atoms with Crippen LogP contribution in [0.15, 0.2) is 28.7 Å². The minimum Gasteiger partial charge on any atom is -0.395 e. The lowest BCUT2D eigenvalue weighted by Gasteiger charge is -2.43. The highest BCUT2D eigenvalue weighted by atomic mass is 79.9. The maximum absolute atomic E-state index is 12.9. The Morgan fingerprint density at radius 2 is 2.21 bits per heavy atom. The number of hydrogen-bond donors (Lipinski definition) is 1. The van der Waals surface area contributed by atoms with Gasteiger partial charge < -0.3 is 5.11 Å². The van der Waals surface area contributed by atoms with Gasteiger partial charge in [0.2, 0.25) is 0 Å². The Labute approximate surface area is 91.1 Å². The summed E-state index contributed by atoms with van der Waals surface area (Å²) in [4.78, 5) is 0. The topological polar surface area (TPSA) is 20.2 Å². The molecule has 76 valence electrons. The van der Waals surface area contributed by atoms with Crippen LogP contribution < -0.4 is 0 Å². The standard InChI is InChI=1S/C11H12BrFO/c12-9-3-1-2-8(4-9)11(7-14)5-10(13)6-11/h1-4,10,14H,5-7H2. The molecular weight excluding hydrogens is 247 g/mol. The number of aliphatic hydroxyl groups is 1. The van der Waals surface area contributed by atoms with Crippen molar-refractivity contribution in [3.63, 3.8) is 0 Å². The van der Waals surface area contributed by atoms with Gasteiger partial charge in [-0.25, -0.2) is 4.39 Å². The van der Waals surface area contributed by atoms with Crippen LogP contribution in [0.25, 0.3) is 0 Å². The van der Waals surface area contributed by atoms with Crippen LogP contribution in [-0.2, 0) is 5.41 Å². The number of hydrogen-bond acceptors (Lipinski definition) is 1. The van der Waals surface area contributed by atoms with Gasteiger partial charge in [-0.1, -0.05) is 28.1 Å². The zero-order chi connectivity index (χ0) is 10.2. The van der Waals surface area contributed by atoms with Crippen molar-refractivity contribution in [2.75, 3.05) is 6.61 Å². The number of alkyl halides is 1. The first-order valence-electron chi connectivity index (χ1n) is 4.67. The van der Waals surface area contributed by atoms with E-state index in [4.69, 9.17) is 0 Å². The lowest BCUT2D eigenvalue weighted by atomic mass is 9.64. The van der Waals surface area contributed by atoms with Crippen molar-refractivity contribution in [3.8, 4) is 0 Å². The second-order valence-electron chi connectivity index (χ2n) is 3.95. The smallest absolute Gasteiger partial charge is 0.102 e. The van der Waals surface area contributed by atoms with E-state index in [1.807, 2.05) is 24.3 Å². The number of halogens is 2. The minimum absolute atomic E-state index is 0.0316. The van der Waals surface area contributed by atoms with Crippen LogP contribution in [0, 0.1) is 0 Å². The van der Waals surface area contributed by atoms with Crippen molar-refractivity contribution in [3.05, 3.63) is 34.3 Å². The molecule has 0 aromatic heterocycles. The second-order valence-corrected chi connectivity index (χ2v) is 4.87. The van der Waals surface area contributed by atoms with Gasteiger partial charge in [0, 0.05) is 9.89 Å². The molecule has 0 unspecified atom stereocenters. The molecule has 1 aliphatic rings. The predicted molar refractivity (Wildman–Crippen MR) is 57.0 cm³/mol. The first-order chi connectivity index (χ1) is 6.66. The Morgan fingerprint density at radius 3 is 2.71 bits per heavy atom. The molecule has 0 amide bonds. The molecule has 0 saturated heterocycles. The van der Waals surface area contributed by atoms with Crippen LogP contribution in [-0.4, -0.2) is 17.9 Å². The van der Waals surface area contributed by atoms with Gasteiger partial charge in [0.05, 0.1) is 6.61 Å². The molecule has 1 aromatic rings. The molecule has 1 aromatic carbocycles. The highest BCUT2D eigenvalue weighted by molar-refractivity contribution is 9.10. The molecule has 0 heterocycles. The largest absolute Gasteiger partial charge is 0.395 e. The van der Waals surface area contributed by atoms with Crippen molar-refractivity contribution in [1.29, 1.82) is 0 Å². The number of rotatable bonds is 2. The fraction of sp³-hybridized carbons (Fsp3) is 0.455. The van der Waals surface area contributed by atoms with Gasteiger partial charge in [0.1, 0.15) is 6.17 Å². The summed E-state index contributed by atoms with van der Waals surface area (Å²) in [6, 6.07) is 7.76. The van der Waals surface area contributed by atoms with E-state index in [2.05, 4.69) is 15.9 Å². The predicted octanol–water partition coefficient (Wildman–Crippen LogP) is 2.81. The lowest BCUT2D eigenvalue weighted by Crippen LogP contribution is -2.45. The summed E-state index contributed by atoms with van der Waals surface area (Å²) in [5.74, 6) is 0. The summed E-state index contributed by atoms with van der Waals surface area (Å²) in [6.45, 7) is 0.0316. The zero-order valence-electron chi connectivity index (χ0n) is 7.71. The molecule has 1 N–H and O–H groups in total. The highest BCUT2D eigenvalue weighted by Gasteiger charge is 2.45. The molecule has 1 saturated carbocycles. The summed E-state index contributed by atoms with van der Waals surface area (Å²) < 4.78 is 13.8. The molecule has 14 heavy (non-hydrogen) atoms. The van der Waals surface area contributed by atoms with Gasteiger partial charge >= 0.3 is 0 Å². The maximum Gasteiger partial charge on any atom is 0.102 e. The van der Waals surface area contributed by atoms with Crippen LogP contribution >= 0.6 is 15.9 Å². The van der Waals surface area contributed by atoms with Crippen LogP contribution in [0.2, 0.25) is 0 Å². The van der Waals surface area contributed by atoms with E-state index in [-0.39, 0.29) is 12.0 Å². The fourth-order valence-electron chi connectivity index (χ4n) is 2.06. The molecule has 0 bridgehead atoms. The SMILES string of the molecule is OCC1(c2cccc(Br)c2)CC(F)C1. The van der Waals surface area contributed by atoms with Gasteiger partial charge in [-0.2, -0.15) is 0 Å². The molecule has 1 nitrogen and oxygen atoms in total. The summed E-state index contributed by atoms with van der Waals surface area (Å²) >= 11 is 3.38. The third kappa shape index (κ3) is 1.59. The number of aliphatic hydroxyl groups excluding tert-OH is 1. The fourth-order valence-corrected chi connectivity index (χ4v) is 2.46. The van der Waals surface area contributed by atoms with Crippen molar-refractivity contribution in [2.24, 2.45) is 0 Å². The number of benzene rings is 1. The molecule has 3 heteroatoms. The minimum atomic E-state index is -0.749. The molecule has 1 fully saturated rings. The van der Waals surface area contributed by atoms with E-state index in [0.29, 0.717) is 12.8 Å². The maximum atomic E-state index is 12.9. The first kappa shape index (κ1) is 10.1. The van der Waals surface area contributed by atoms with Gasteiger partial charge in [0.15, 0.2) is 0 Å². The summed E-state index contributed by atoms with van der Waals surface area (Å²) in [5.41, 5.74) is 0.701. The highest BCUT2D eigenvalue weighted by Crippen LogP contribution is 2.45. The zero-order valence-corrected chi connectivity index (χ0v) is 9.30. The van der Waals surface area contributed by atoms with E-state index >= 15 is 0 Å². The van der Waals surface area contributed by atoms with Crippen LogP contribution in [0.3, 0.4) is 0 Å². The summed E-state index contributed by atoms with van der Waals surface area (Å²) in [7, 11) is 0. The quantitative estimate of drug-likeness (QED) is 0.865. The summed E-state index contributed by atoms with van der Waals surface area (Å²) in [6.07, 6.45) is 0.140. The molecule has 1 aliphatic carbocycles. The van der Waals surface area contributed by atoms with Crippen LogP contribution in [0.5, 0.6) is 0 Å². The molecular formula is C11H12BrFO. The van der Waals surface area contributed by atoms with E-state index in [1.165, 1.54) is 0 Å². The third-order valence-corrected chi connectivity index (χ3v) is 3.46. The van der Waals surface area contributed by atoms with Crippen molar-refractivity contribution in [1.82, 2.24) is 0 Å². The van der Waals surface area contributed by atoms with Gasteiger partial charge in [-0.15, -0.1) is 0 Å². The molecule has 0 aliphatic heterocycles. The Morgan fingerprint density at radius 1 is 1.50 bits per heavy atom. The summed E-state index contributed by atoms with van der Waals surface area (Å²) in [5, 5.41) is 9.32. The Kier molecular flexibility index (Phi) is 2.62. The lowest BCUT2D eigenvalue weighted by molar-refractivity contribution is 0.0410. The van der Waals surface area contributed by atoms with Crippen LogP contribution in [0.1, 0.15) is 18.4 Å². The molecule has 0 radical (unpaired) electrons. The first-order valence-corrected chi connectivity index (χ1v) is 5.46. The average Bonchev–Trinajstić information content (AvgIpc) is 2.12. The van der Waals surface area contributed by atoms with E-state index in [1.54, 1.807) is 0 Å². The van der Waals surface area contributed by atoms with Crippen molar-refractivity contribution in [2.45, 2.75) is 24.4 Å². The third-order valence-electron chi connectivity index (χ3n) is 2.96. The van der Waals surface area contributed by atoms with Gasteiger partial charge in [-0.05, 0) is 30.5 Å². The van der Waals surface area contributed by atoms with E-state index in [0.717, 1.165) is 10.0 Å². The van der Waals surface area contributed by atoms with Gasteiger partial charge in [-0.3, -0.25) is 0 Å². The van der Waals surface area contributed by atoms with E-state index in [9.17, 15) is 9.50 Å². The Hall–Kier alpha value is -0.410. The Balaban J connectivity index is 2.29. The normalized spacial score (nSPS) is 31.2. The van der Waals surface area contributed by atoms with E-state index < -0.39 is 6.17 Å². The monoisotopic (exact) mass is 258 g/mol. The van der Waals surface area contributed by atoms with Crippen LogP contribution in [0.4, 0.5) is 4.39 Å². The van der Waals surface area contributed by atoms with Gasteiger partial charge in [0.25, 0.3) is 0 Å².